The summed E-state index contributed by atoms with van der Waals surface area (Å²) in [6, 6.07) is 9.78. The Labute approximate surface area is 197 Å². The number of hydrogen-bond acceptors (Lipinski definition) is 6. The number of fused-ring (bicyclic) bond motifs is 1. The summed E-state index contributed by atoms with van der Waals surface area (Å²) < 4.78 is 35.4. The fourth-order valence-corrected chi connectivity index (χ4v) is 4.82. The van der Waals surface area contributed by atoms with Gasteiger partial charge in [-0.3, -0.25) is 9.36 Å². The van der Waals surface area contributed by atoms with Crippen LogP contribution in [0.25, 0.3) is 15.9 Å². The first kappa shape index (κ1) is 22.1. The molecule has 0 bridgehead atoms. The maximum Gasteiger partial charge on any atom is 0.413 e. The minimum absolute atomic E-state index is 0.0354. The summed E-state index contributed by atoms with van der Waals surface area (Å²) >= 11 is 1.16. The number of carbonyl (C=O) groups excluding carboxylic acids is 1. The van der Waals surface area contributed by atoms with E-state index in [4.69, 9.17) is 4.74 Å². The first-order valence-electron chi connectivity index (χ1n) is 10.7. The Balaban J connectivity index is 1.56. The van der Waals surface area contributed by atoms with Crippen molar-refractivity contribution in [1.29, 1.82) is 0 Å². The molecule has 1 N–H and O–H groups in total. The highest BCUT2D eigenvalue weighted by atomic mass is 32.1. The van der Waals surface area contributed by atoms with Gasteiger partial charge in [0.2, 0.25) is 5.13 Å². The van der Waals surface area contributed by atoms with Gasteiger partial charge in [0, 0.05) is 5.39 Å². The summed E-state index contributed by atoms with van der Waals surface area (Å²) in [6.45, 7) is 3.33. The van der Waals surface area contributed by atoms with Crippen LogP contribution in [0.3, 0.4) is 0 Å². The number of nitrogens with zero attached hydrogens (tertiary/aromatic N) is 3. The van der Waals surface area contributed by atoms with Gasteiger partial charge in [-0.15, -0.1) is 10.2 Å². The van der Waals surface area contributed by atoms with Crippen LogP contribution in [0.2, 0.25) is 0 Å². The van der Waals surface area contributed by atoms with Gasteiger partial charge < -0.3 is 10.1 Å². The van der Waals surface area contributed by atoms with E-state index in [1.54, 1.807) is 26.0 Å². The summed E-state index contributed by atoms with van der Waals surface area (Å²) in [5.41, 5.74) is 0.301. The van der Waals surface area contributed by atoms with Crippen LogP contribution in [-0.2, 0) is 0 Å². The quantitative estimate of drug-likeness (QED) is 0.434. The van der Waals surface area contributed by atoms with Crippen molar-refractivity contribution in [3.8, 4) is 10.9 Å². The SMILES string of the molecule is Cc1nnc(-n2c(C)c(OC(=O)N[C@H](c3cccc(F)c3)C3CC3)c3cccc(F)c3c2=O)s1. The van der Waals surface area contributed by atoms with Gasteiger partial charge in [0.05, 0.1) is 17.1 Å². The molecule has 34 heavy (non-hydrogen) atoms. The van der Waals surface area contributed by atoms with Gasteiger partial charge in [-0.2, -0.15) is 0 Å². The number of amides is 1. The van der Waals surface area contributed by atoms with Crippen LogP contribution in [-0.4, -0.2) is 20.9 Å². The van der Waals surface area contributed by atoms with Crippen molar-refractivity contribution in [3.63, 3.8) is 0 Å². The van der Waals surface area contributed by atoms with Crippen LogP contribution >= 0.6 is 11.3 Å². The van der Waals surface area contributed by atoms with E-state index in [0.717, 1.165) is 24.2 Å². The second-order valence-electron chi connectivity index (χ2n) is 8.23. The third-order valence-corrected chi connectivity index (χ3v) is 6.64. The van der Waals surface area contributed by atoms with Crippen LogP contribution in [0.5, 0.6) is 5.75 Å². The zero-order valence-electron chi connectivity index (χ0n) is 18.3. The van der Waals surface area contributed by atoms with E-state index in [1.165, 1.54) is 34.9 Å². The van der Waals surface area contributed by atoms with Crippen molar-refractivity contribution < 1.29 is 18.3 Å². The van der Waals surface area contributed by atoms with E-state index in [1.807, 2.05) is 0 Å². The smallest absolute Gasteiger partial charge is 0.408 e. The van der Waals surface area contributed by atoms with Crippen molar-refractivity contribution in [1.82, 2.24) is 20.1 Å². The Morgan fingerprint density at radius 2 is 1.94 bits per heavy atom. The summed E-state index contributed by atoms with van der Waals surface area (Å²) in [4.78, 5) is 26.2. The third kappa shape index (κ3) is 4.05. The first-order chi connectivity index (χ1) is 16.3. The molecule has 2 aromatic carbocycles. The number of aromatic nitrogens is 3. The molecule has 1 amide bonds. The molecule has 4 aromatic rings. The molecule has 0 unspecified atom stereocenters. The number of nitrogens with one attached hydrogen (secondary N) is 1. The second-order valence-corrected chi connectivity index (χ2v) is 9.39. The molecule has 0 radical (unpaired) electrons. The van der Waals surface area contributed by atoms with E-state index >= 15 is 0 Å². The lowest BCUT2D eigenvalue weighted by molar-refractivity contribution is 0.194. The normalized spacial score (nSPS) is 14.2. The maximum atomic E-state index is 14.7. The van der Waals surface area contributed by atoms with Crippen molar-refractivity contribution in [2.24, 2.45) is 5.92 Å². The van der Waals surface area contributed by atoms with Gasteiger partial charge in [-0.05, 0) is 56.4 Å². The Kier molecular flexibility index (Phi) is 5.60. The molecule has 0 aliphatic heterocycles. The van der Waals surface area contributed by atoms with E-state index in [0.29, 0.717) is 10.6 Å². The zero-order chi connectivity index (χ0) is 24.0. The van der Waals surface area contributed by atoms with Gasteiger partial charge in [-0.25, -0.2) is 13.6 Å². The summed E-state index contributed by atoms with van der Waals surface area (Å²) in [7, 11) is 0. The largest absolute Gasteiger partial charge is 0.413 e. The predicted molar refractivity (Wildman–Crippen MR) is 123 cm³/mol. The van der Waals surface area contributed by atoms with E-state index in [9.17, 15) is 18.4 Å². The molecule has 2 heterocycles. The maximum absolute atomic E-state index is 14.7. The van der Waals surface area contributed by atoms with Gasteiger partial charge in [-0.1, -0.05) is 35.6 Å². The minimum atomic E-state index is -0.784. The molecule has 1 aliphatic carbocycles. The summed E-state index contributed by atoms with van der Waals surface area (Å²) in [6.07, 6.45) is 1.01. The highest BCUT2D eigenvalue weighted by Gasteiger charge is 2.34. The zero-order valence-corrected chi connectivity index (χ0v) is 19.2. The number of aryl methyl sites for hydroxylation is 1. The number of rotatable bonds is 5. The van der Waals surface area contributed by atoms with Crippen molar-refractivity contribution >= 4 is 28.2 Å². The molecule has 1 fully saturated rings. The van der Waals surface area contributed by atoms with Gasteiger partial charge in [0.25, 0.3) is 5.56 Å². The Morgan fingerprint density at radius 1 is 1.18 bits per heavy atom. The van der Waals surface area contributed by atoms with E-state index in [-0.39, 0.29) is 33.3 Å². The van der Waals surface area contributed by atoms with Crippen LogP contribution in [0.4, 0.5) is 13.6 Å². The molecular formula is C24H20F2N4O3S. The summed E-state index contributed by atoms with van der Waals surface area (Å²) in [5, 5.41) is 11.6. The molecule has 10 heteroatoms. The van der Waals surface area contributed by atoms with Crippen LogP contribution in [0, 0.1) is 31.4 Å². The van der Waals surface area contributed by atoms with Crippen molar-refractivity contribution in [2.45, 2.75) is 32.7 Å². The van der Waals surface area contributed by atoms with Crippen LogP contribution in [0.1, 0.15) is 35.1 Å². The molecule has 1 saturated carbocycles. The molecule has 1 aliphatic rings. The lowest BCUT2D eigenvalue weighted by Crippen LogP contribution is -2.33. The van der Waals surface area contributed by atoms with E-state index in [2.05, 4.69) is 15.5 Å². The third-order valence-electron chi connectivity index (χ3n) is 5.82. The Bertz CT molecular complexity index is 1480. The number of benzene rings is 2. The van der Waals surface area contributed by atoms with Gasteiger partial charge in [0.1, 0.15) is 16.6 Å². The molecule has 1 atom stereocenters. The molecular weight excluding hydrogens is 462 g/mol. The van der Waals surface area contributed by atoms with Gasteiger partial charge >= 0.3 is 6.09 Å². The number of ether oxygens (including phenoxy) is 1. The van der Waals surface area contributed by atoms with Crippen LogP contribution in [0.15, 0.2) is 47.3 Å². The fourth-order valence-electron chi connectivity index (χ4n) is 4.08. The van der Waals surface area contributed by atoms with Gasteiger partial charge in [0.15, 0.2) is 5.75 Å². The molecule has 5 rings (SSSR count). The average molecular weight is 483 g/mol. The highest BCUT2D eigenvalue weighted by molar-refractivity contribution is 7.13. The summed E-state index contributed by atoms with van der Waals surface area (Å²) in [5.74, 6) is -0.926. The molecule has 7 nitrogen and oxygen atoms in total. The lowest BCUT2D eigenvalue weighted by Gasteiger charge is -2.20. The number of halogens is 2. The Hall–Kier alpha value is -3.66. The Morgan fingerprint density at radius 3 is 2.62 bits per heavy atom. The minimum Gasteiger partial charge on any atom is -0.408 e. The molecule has 2 aromatic heterocycles. The van der Waals surface area contributed by atoms with Crippen molar-refractivity contribution in [3.05, 3.63) is 80.7 Å². The molecule has 0 spiro atoms. The topological polar surface area (TPSA) is 86.1 Å². The predicted octanol–water partition coefficient (Wildman–Crippen LogP) is 4.98. The van der Waals surface area contributed by atoms with Crippen molar-refractivity contribution in [2.75, 3.05) is 0 Å². The number of carbonyl (C=O) groups is 1. The average Bonchev–Trinajstić information content (AvgIpc) is 3.55. The molecule has 174 valence electrons. The first-order valence-corrected chi connectivity index (χ1v) is 11.5. The number of pyridine rings is 1. The fraction of sp³-hybridized carbons (Fsp3) is 0.250. The van der Waals surface area contributed by atoms with Crippen LogP contribution < -0.4 is 15.6 Å². The molecule has 0 saturated heterocycles. The monoisotopic (exact) mass is 482 g/mol. The second kappa shape index (κ2) is 8.60. The highest BCUT2D eigenvalue weighted by Crippen LogP contribution is 2.41. The lowest BCUT2D eigenvalue weighted by atomic mass is 10.0. The van der Waals surface area contributed by atoms with E-state index < -0.39 is 29.3 Å². The number of hydrogen-bond donors (Lipinski definition) is 1. The standard InChI is InChI=1S/C24H20F2N4O3S/c1-12-21(33-24(32)27-20(14-9-10-14)15-5-3-6-16(25)11-15)17-7-4-8-18(26)19(17)22(31)30(12)23-29-28-13(2)34-23/h3-8,11,14,20H,9-10H2,1-2H3,(H,27,32)/t20-/m0/s1.